The molecule has 0 spiro atoms. The first-order valence-electron chi connectivity index (χ1n) is 6.92. The molecular weight excluding hydrogens is 292 g/mol. The SMILES string of the molecule is Cc1ccc(N)cc1C(=O)NC(C)COC1CCOC1.Cl. The van der Waals surface area contributed by atoms with Crippen LogP contribution in [0.15, 0.2) is 18.2 Å². The summed E-state index contributed by atoms with van der Waals surface area (Å²) in [6.07, 6.45) is 1.08. The molecule has 1 aromatic carbocycles. The number of anilines is 1. The third-order valence-corrected chi connectivity index (χ3v) is 3.35. The first kappa shape index (κ1) is 17.8. The molecule has 6 heteroatoms. The summed E-state index contributed by atoms with van der Waals surface area (Å²) in [5.74, 6) is -0.117. The minimum absolute atomic E-state index is 0. The Balaban J connectivity index is 0.00000220. The van der Waals surface area contributed by atoms with Gasteiger partial charge >= 0.3 is 0 Å². The standard InChI is InChI=1S/C15H22N2O3.ClH/c1-10-3-4-12(16)7-14(10)15(18)17-11(2)8-20-13-5-6-19-9-13;/h3-4,7,11,13H,5-6,8-9,16H2,1-2H3,(H,17,18);1H. The lowest BCUT2D eigenvalue weighted by Crippen LogP contribution is -2.37. The van der Waals surface area contributed by atoms with E-state index >= 15 is 0 Å². The van der Waals surface area contributed by atoms with E-state index in [0.29, 0.717) is 24.5 Å². The number of nitrogens with one attached hydrogen (secondary N) is 1. The van der Waals surface area contributed by atoms with Gasteiger partial charge in [-0.1, -0.05) is 6.07 Å². The quantitative estimate of drug-likeness (QED) is 0.814. The lowest BCUT2D eigenvalue weighted by Gasteiger charge is -2.17. The summed E-state index contributed by atoms with van der Waals surface area (Å²) < 4.78 is 10.9. The molecule has 0 radical (unpaired) electrons. The Morgan fingerprint density at radius 3 is 3.00 bits per heavy atom. The van der Waals surface area contributed by atoms with Gasteiger partial charge in [-0.25, -0.2) is 0 Å². The van der Waals surface area contributed by atoms with Crippen molar-refractivity contribution in [2.24, 2.45) is 0 Å². The summed E-state index contributed by atoms with van der Waals surface area (Å²) in [6.45, 7) is 5.71. The Bertz CT molecular complexity index is 476. The van der Waals surface area contributed by atoms with Gasteiger partial charge in [0.05, 0.1) is 19.3 Å². The van der Waals surface area contributed by atoms with Crippen molar-refractivity contribution in [3.05, 3.63) is 29.3 Å². The van der Waals surface area contributed by atoms with Crippen molar-refractivity contribution in [3.8, 4) is 0 Å². The molecule has 21 heavy (non-hydrogen) atoms. The fourth-order valence-corrected chi connectivity index (χ4v) is 2.15. The molecule has 1 aliphatic heterocycles. The maximum atomic E-state index is 12.2. The number of carbonyl (C=O) groups excluding carboxylic acids is 1. The van der Waals surface area contributed by atoms with Gasteiger partial charge in [-0.05, 0) is 38.0 Å². The zero-order valence-electron chi connectivity index (χ0n) is 12.4. The van der Waals surface area contributed by atoms with E-state index in [1.165, 1.54) is 0 Å². The normalized spacial score (nSPS) is 18.9. The number of benzene rings is 1. The number of amides is 1. The summed E-state index contributed by atoms with van der Waals surface area (Å²) in [6, 6.07) is 5.28. The molecule has 0 aliphatic carbocycles. The van der Waals surface area contributed by atoms with Gasteiger partial charge in [0.1, 0.15) is 0 Å². The molecule has 2 unspecified atom stereocenters. The van der Waals surface area contributed by atoms with Crippen molar-refractivity contribution in [3.63, 3.8) is 0 Å². The van der Waals surface area contributed by atoms with Crippen molar-refractivity contribution in [1.29, 1.82) is 0 Å². The highest BCUT2D eigenvalue weighted by atomic mass is 35.5. The Morgan fingerprint density at radius 1 is 1.57 bits per heavy atom. The topological polar surface area (TPSA) is 73.6 Å². The van der Waals surface area contributed by atoms with Crippen LogP contribution in [0.3, 0.4) is 0 Å². The highest BCUT2D eigenvalue weighted by Crippen LogP contribution is 2.13. The number of ether oxygens (including phenoxy) is 2. The highest BCUT2D eigenvalue weighted by Gasteiger charge is 2.18. The highest BCUT2D eigenvalue weighted by molar-refractivity contribution is 5.96. The van der Waals surface area contributed by atoms with E-state index in [9.17, 15) is 4.79 Å². The molecule has 0 saturated carbocycles. The number of nitrogens with two attached hydrogens (primary N) is 1. The van der Waals surface area contributed by atoms with Crippen LogP contribution in [0.4, 0.5) is 5.69 Å². The molecule has 1 amide bonds. The Kier molecular flexibility index (Phi) is 6.95. The Morgan fingerprint density at radius 2 is 2.33 bits per heavy atom. The average molecular weight is 315 g/mol. The van der Waals surface area contributed by atoms with Gasteiger partial charge in [0.15, 0.2) is 0 Å². The average Bonchev–Trinajstić information content (AvgIpc) is 2.92. The van der Waals surface area contributed by atoms with E-state index in [-0.39, 0.29) is 30.5 Å². The van der Waals surface area contributed by atoms with E-state index in [0.717, 1.165) is 18.6 Å². The smallest absolute Gasteiger partial charge is 0.251 e. The van der Waals surface area contributed by atoms with Gasteiger partial charge < -0.3 is 20.5 Å². The van der Waals surface area contributed by atoms with Crippen LogP contribution in [0.25, 0.3) is 0 Å². The molecule has 1 heterocycles. The third kappa shape index (κ3) is 5.19. The van der Waals surface area contributed by atoms with Crippen LogP contribution in [0.2, 0.25) is 0 Å². The second-order valence-corrected chi connectivity index (χ2v) is 5.27. The summed E-state index contributed by atoms with van der Waals surface area (Å²) in [7, 11) is 0. The predicted octanol–water partition coefficient (Wildman–Crippen LogP) is 1.92. The van der Waals surface area contributed by atoms with Crippen LogP contribution in [0, 0.1) is 6.92 Å². The lowest BCUT2D eigenvalue weighted by atomic mass is 10.1. The minimum Gasteiger partial charge on any atom is -0.399 e. The van der Waals surface area contributed by atoms with Crippen molar-refractivity contribution < 1.29 is 14.3 Å². The number of nitrogen functional groups attached to an aromatic ring is 1. The third-order valence-electron chi connectivity index (χ3n) is 3.35. The van der Waals surface area contributed by atoms with Crippen LogP contribution in [-0.2, 0) is 9.47 Å². The summed E-state index contributed by atoms with van der Waals surface area (Å²) in [4.78, 5) is 12.2. The molecule has 1 fully saturated rings. The number of aryl methyl sites for hydroxylation is 1. The van der Waals surface area contributed by atoms with E-state index < -0.39 is 0 Å². The second-order valence-electron chi connectivity index (χ2n) is 5.27. The molecule has 2 atom stereocenters. The number of carbonyl (C=O) groups is 1. The predicted molar refractivity (Wildman–Crippen MR) is 84.9 cm³/mol. The fraction of sp³-hybridized carbons (Fsp3) is 0.533. The first-order chi connectivity index (χ1) is 9.56. The maximum Gasteiger partial charge on any atom is 0.251 e. The van der Waals surface area contributed by atoms with E-state index in [4.69, 9.17) is 15.2 Å². The van der Waals surface area contributed by atoms with Crippen molar-refractivity contribution in [2.75, 3.05) is 25.6 Å². The number of halogens is 1. The Labute approximate surface area is 131 Å². The number of hydrogen-bond acceptors (Lipinski definition) is 4. The van der Waals surface area contributed by atoms with Crippen LogP contribution >= 0.6 is 12.4 Å². The molecule has 0 aromatic heterocycles. The fourth-order valence-electron chi connectivity index (χ4n) is 2.15. The second kappa shape index (κ2) is 8.22. The van der Waals surface area contributed by atoms with Crippen LogP contribution in [0.1, 0.15) is 29.3 Å². The monoisotopic (exact) mass is 314 g/mol. The summed E-state index contributed by atoms with van der Waals surface area (Å²) in [5.41, 5.74) is 7.83. The maximum absolute atomic E-state index is 12.2. The van der Waals surface area contributed by atoms with Gasteiger partial charge in [-0.3, -0.25) is 4.79 Å². The van der Waals surface area contributed by atoms with Gasteiger partial charge in [0, 0.05) is 23.9 Å². The zero-order chi connectivity index (χ0) is 14.5. The van der Waals surface area contributed by atoms with Gasteiger partial charge in [0.25, 0.3) is 5.91 Å². The van der Waals surface area contributed by atoms with Crippen LogP contribution in [0.5, 0.6) is 0 Å². The molecule has 118 valence electrons. The van der Waals surface area contributed by atoms with Crippen molar-refractivity contribution in [1.82, 2.24) is 5.32 Å². The Hall–Kier alpha value is -1.30. The molecule has 5 nitrogen and oxygen atoms in total. The number of rotatable bonds is 5. The number of hydrogen-bond donors (Lipinski definition) is 2. The largest absolute Gasteiger partial charge is 0.399 e. The molecule has 1 aliphatic rings. The zero-order valence-corrected chi connectivity index (χ0v) is 13.2. The molecule has 3 N–H and O–H groups in total. The van der Waals surface area contributed by atoms with Crippen molar-refractivity contribution in [2.45, 2.75) is 32.4 Å². The summed E-state index contributed by atoms with van der Waals surface area (Å²) >= 11 is 0. The molecule has 0 bridgehead atoms. The van der Waals surface area contributed by atoms with E-state index in [2.05, 4.69) is 5.32 Å². The van der Waals surface area contributed by atoms with E-state index in [1.54, 1.807) is 12.1 Å². The van der Waals surface area contributed by atoms with Crippen molar-refractivity contribution >= 4 is 24.0 Å². The van der Waals surface area contributed by atoms with E-state index in [1.807, 2.05) is 19.9 Å². The molecular formula is C15H23ClN2O3. The van der Waals surface area contributed by atoms with Crippen LogP contribution < -0.4 is 11.1 Å². The minimum atomic E-state index is -0.117. The van der Waals surface area contributed by atoms with Gasteiger partial charge in [-0.2, -0.15) is 0 Å². The molecule has 2 rings (SSSR count). The van der Waals surface area contributed by atoms with Gasteiger partial charge in [-0.15, -0.1) is 12.4 Å². The van der Waals surface area contributed by atoms with Crippen LogP contribution in [-0.4, -0.2) is 37.9 Å². The summed E-state index contributed by atoms with van der Waals surface area (Å²) in [5, 5.41) is 2.93. The molecule has 1 aromatic rings. The first-order valence-corrected chi connectivity index (χ1v) is 6.92. The van der Waals surface area contributed by atoms with Gasteiger partial charge in [0.2, 0.25) is 0 Å². The molecule has 1 saturated heterocycles. The lowest BCUT2D eigenvalue weighted by molar-refractivity contribution is 0.0318.